The Morgan fingerprint density at radius 3 is 2.40 bits per heavy atom. The molecule has 1 saturated heterocycles. The van der Waals surface area contributed by atoms with Crippen LogP contribution >= 0.6 is 11.8 Å². The molecule has 5 nitrogen and oxygen atoms in total. The summed E-state index contributed by atoms with van der Waals surface area (Å²) in [5.41, 5.74) is 5.99. The molecule has 40 heavy (non-hydrogen) atoms. The molecule has 1 fully saturated rings. The molecule has 2 N–H and O–H groups in total. The van der Waals surface area contributed by atoms with E-state index < -0.39 is 12.0 Å². The number of rotatable bonds is 13. The maximum atomic E-state index is 13.5. The number of carboxylic acids is 1. The highest BCUT2D eigenvalue weighted by Gasteiger charge is 2.33. The minimum atomic E-state index is -1.00. The number of aliphatic carboxylic acids is 1. The predicted octanol–water partition coefficient (Wildman–Crippen LogP) is 6.97. The highest BCUT2D eigenvalue weighted by molar-refractivity contribution is 7.98. The lowest BCUT2D eigenvalue weighted by atomic mass is 9.93. The van der Waals surface area contributed by atoms with E-state index in [2.05, 4.69) is 72.6 Å². The van der Waals surface area contributed by atoms with Crippen LogP contribution in [0.2, 0.25) is 0 Å². The molecule has 1 heterocycles. The zero-order chi connectivity index (χ0) is 28.5. The molecule has 0 radical (unpaired) electrons. The van der Waals surface area contributed by atoms with Crippen LogP contribution in [0.25, 0.3) is 11.1 Å². The Morgan fingerprint density at radius 1 is 0.975 bits per heavy atom. The van der Waals surface area contributed by atoms with Gasteiger partial charge in [0.05, 0.1) is 0 Å². The highest BCUT2D eigenvalue weighted by atomic mass is 32.2. The first-order valence-corrected chi connectivity index (χ1v) is 15.8. The van der Waals surface area contributed by atoms with Crippen molar-refractivity contribution < 1.29 is 14.7 Å². The second-order valence-corrected chi connectivity index (χ2v) is 11.9. The SMILES string of the molecule is CCC[C@@H]1CC[C@H](Cc2ccccc2)N1Cc1ccc(C(=O)N[C@@H](CCSC)C(=O)O)c(-c2ccccc2C)c1. The molecule has 1 aliphatic heterocycles. The van der Waals surface area contributed by atoms with Gasteiger partial charge in [-0.3, -0.25) is 9.69 Å². The lowest BCUT2D eigenvalue weighted by Gasteiger charge is -2.31. The number of aryl methyl sites for hydroxylation is 1. The standard InChI is InChI=1S/C34H42N2O3S/c1-4-10-27-16-17-28(21-25-12-6-5-7-13-25)36(27)23-26-15-18-30(31(22-26)29-14-9-8-11-24(29)2)33(37)35-32(34(38)39)19-20-40-3/h5-9,11-15,18,22,27-28,32H,4,10,16-17,19-21,23H2,1-3H3,(H,35,37)(H,38,39)/t27-,28-,32+/m1/s1. The third kappa shape index (κ3) is 7.55. The van der Waals surface area contributed by atoms with Crippen molar-refractivity contribution in [1.29, 1.82) is 0 Å². The fraction of sp³-hybridized carbons (Fsp3) is 0.412. The third-order valence-corrected chi connectivity index (χ3v) is 8.69. The van der Waals surface area contributed by atoms with Gasteiger partial charge in [-0.05, 0) is 91.0 Å². The minimum absolute atomic E-state index is 0.342. The zero-order valence-electron chi connectivity index (χ0n) is 23.9. The van der Waals surface area contributed by atoms with Gasteiger partial charge in [0.25, 0.3) is 5.91 Å². The molecule has 0 bridgehead atoms. The van der Waals surface area contributed by atoms with Crippen LogP contribution in [0.3, 0.4) is 0 Å². The first-order valence-electron chi connectivity index (χ1n) is 14.4. The Hall–Kier alpha value is -3.09. The number of benzene rings is 3. The molecule has 1 amide bonds. The monoisotopic (exact) mass is 558 g/mol. The van der Waals surface area contributed by atoms with E-state index in [0.29, 0.717) is 29.8 Å². The van der Waals surface area contributed by atoms with Crippen LogP contribution < -0.4 is 5.32 Å². The molecule has 0 spiro atoms. The first kappa shape index (κ1) is 29.9. The number of carbonyl (C=O) groups is 2. The normalized spacial score (nSPS) is 18.0. The van der Waals surface area contributed by atoms with Crippen LogP contribution in [0.1, 0.15) is 66.1 Å². The Morgan fingerprint density at radius 2 is 1.70 bits per heavy atom. The van der Waals surface area contributed by atoms with Gasteiger partial charge in [0.1, 0.15) is 6.04 Å². The van der Waals surface area contributed by atoms with Gasteiger partial charge < -0.3 is 10.4 Å². The number of thioether (sulfide) groups is 1. The molecule has 0 saturated carbocycles. The molecule has 0 unspecified atom stereocenters. The summed E-state index contributed by atoms with van der Waals surface area (Å²) >= 11 is 1.57. The summed E-state index contributed by atoms with van der Waals surface area (Å²) in [7, 11) is 0. The summed E-state index contributed by atoms with van der Waals surface area (Å²) in [6.07, 6.45) is 8.11. The largest absolute Gasteiger partial charge is 0.480 e. The van der Waals surface area contributed by atoms with Crippen LogP contribution in [0, 0.1) is 6.92 Å². The molecular weight excluding hydrogens is 516 g/mol. The van der Waals surface area contributed by atoms with E-state index in [1.807, 2.05) is 30.5 Å². The molecule has 0 aromatic heterocycles. The molecule has 212 valence electrons. The molecule has 1 aliphatic rings. The van der Waals surface area contributed by atoms with Gasteiger partial charge in [-0.1, -0.05) is 74.0 Å². The first-order chi connectivity index (χ1) is 19.4. The van der Waals surface area contributed by atoms with Gasteiger partial charge >= 0.3 is 5.97 Å². The number of hydrogen-bond acceptors (Lipinski definition) is 4. The smallest absolute Gasteiger partial charge is 0.326 e. The topological polar surface area (TPSA) is 69.6 Å². The number of likely N-dealkylation sites (tertiary alicyclic amines) is 1. The summed E-state index contributed by atoms with van der Waals surface area (Å²) in [6, 6.07) is 25.0. The Bertz CT molecular complexity index is 1280. The van der Waals surface area contributed by atoms with E-state index >= 15 is 0 Å². The minimum Gasteiger partial charge on any atom is -0.480 e. The number of nitrogens with one attached hydrogen (secondary N) is 1. The van der Waals surface area contributed by atoms with E-state index in [1.54, 1.807) is 11.8 Å². The van der Waals surface area contributed by atoms with Crippen molar-refractivity contribution in [2.75, 3.05) is 12.0 Å². The van der Waals surface area contributed by atoms with Crippen LogP contribution in [0.5, 0.6) is 0 Å². The van der Waals surface area contributed by atoms with Crippen LogP contribution in [0.15, 0.2) is 72.8 Å². The van der Waals surface area contributed by atoms with Crippen molar-refractivity contribution in [2.24, 2.45) is 0 Å². The molecular formula is C34H42N2O3S. The van der Waals surface area contributed by atoms with Crippen molar-refractivity contribution in [3.05, 3.63) is 95.1 Å². The number of carboxylic acid groups (broad SMARTS) is 1. The third-order valence-electron chi connectivity index (χ3n) is 8.05. The predicted molar refractivity (Wildman–Crippen MR) is 166 cm³/mol. The fourth-order valence-electron chi connectivity index (χ4n) is 5.95. The summed E-state index contributed by atoms with van der Waals surface area (Å²) in [5.74, 6) is -0.679. The number of amides is 1. The van der Waals surface area contributed by atoms with Crippen molar-refractivity contribution in [3.63, 3.8) is 0 Å². The summed E-state index contributed by atoms with van der Waals surface area (Å²) in [4.78, 5) is 28.0. The lowest BCUT2D eigenvalue weighted by molar-refractivity contribution is -0.139. The molecule has 0 aliphatic carbocycles. The van der Waals surface area contributed by atoms with Gasteiger partial charge in [0.2, 0.25) is 0 Å². The van der Waals surface area contributed by atoms with Gasteiger partial charge in [-0.25, -0.2) is 4.79 Å². The van der Waals surface area contributed by atoms with Gasteiger partial charge in [0.15, 0.2) is 0 Å². The Kier molecular flexibility index (Phi) is 10.8. The van der Waals surface area contributed by atoms with Gasteiger partial charge in [-0.2, -0.15) is 11.8 Å². The maximum absolute atomic E-state index is 13.5. The Balaban J connectivity index is 1.65. The van der Waals surface area contributed by atoms with E-state index in [4.69, 9.17) is 0 Å². The van der Waals surface area contributed by atoms with Crippen LogP contribution in [-0.4, -0.2) is 52.0 Å². The number of nitrogens with zero attached hydrogens (tertiary/aromatic N) is 1. The van der Waals surface area contributed by atoms with Crippen molar-refractivity contribution in [2.45, 2.75) is 77.0 Å². The number of carbonyl (C=O) groups excluding carboxylic acids is 1. The van der Waals surface area contributed by atoms with Crippen LogP contribution in [0.4, 0.5) is 0 Å². The summed E-state index contributed by atoms with van der Waals surface area (Å²) in [6.45, 7) is 5.14. The summed E-state index contributed by atoms with van der Waals surface area (Å²) in [5, 5.41) is 12.5. The molecule has 3 aromatic carbocycles. The molecule has 3 aromatic rings. The van der Waals surface area contributed by atoms with E-state index in [0.717, 1.165) is 36.1 Å². The second-order valence-electron chi connectivity index (χ2n) is 10.9. The number of hydrogen-bond donors (Lipinski definition) is 2. The van der Waals surface area contributed by atoms with E-state index in [9.17, 15) is 14.7 Å². The van der Waals surface area contributed by atoms with Crippen molar-refractivity contribution in [3.8, 4) is 11.1 Å². The molecule has 4 rings (SSSR count). The quantitative estimate of drug-likeness (QED) is 0.237. The van der Waals surface area contributed by atoms with Gasteiger partial charge in [0, 0.05) is 24.2 Å². The molecule has 6 heteroatoms. The van der Waals surface area contributed by atoms with E-state index in [1.165, 1.54) is 30.4 Å². The zero-order valence-corrected chi connectivity index (χ0v) is 24.8. The lowest BCUT2D eigenvalue weighted by Crippen LogP contribution is -2.41. The van der Waals surface area contributed by atoms with Crippen molar-refractivity contribution >= 4 is 23.6 Å². The average molecular weight is 559 g/mol. The maximum Gasteiger partial charge on any atom is 0.326 e. The van der Waals surface area contributed by atoms with Crippen molar-refractivity contribution in [1.82, 2.24) is 10.2 Å². The second kappa shape index (κ2) is 14.5. The molecule has 3 atom stereocenters. The van der Waals surface area contributed by atoms with Gasteiger partial charge in [-0.15, -0.1) is 0 Å². The van der Waals surface area contributed by atoms with Crippen LogP contribution in [-0.2, 0) is 17.8 Å². The summed E-state index contributed by atoms with van der Waals surface area (Å²) < 4.78 is 0. The highest BCUT2D eigenvalue weighted by Crippen LogP contribution is 2.33. The fourth-order valence-corrected chi connectivity index (χ4v) is 6.42. The average Bonchev–Trinajstić information content (AvgIpc) is 3.32. The van der Waals surface area contributed by atoms with E-state index in [-0.39, 0.29) is 5.91 Å². The Labute approximate surface area is 243 Å².